The van der Waals surface area contributed by atoms with Gasteiger partial charge in [0.05, 0.1) is 32.2 Å². The third-order valence-corrected chi connectivity index (χ3v) is 7.79. The molecule has 2 atom stereocenters. The third-order valence-electron chi connectivity index (χ3n) is 7.79. The Morgan fingerprint density at radius 1 is 0.673 bits per heavy atom. The van der Waals surface area contributed by atoms with Gasteiger partial charge in [-0.3, -0.25) is 33.6 Å². The Morgan fingerprint density at radius 2 is 1.24 bits per heavy atom. The summed E-state index contributed by atoms with van der Waals surface area (Å²) in [5.74, 6) is -3.90. The molecule has 1 aliphatic rings. The van der Waals surface area contributed by atoms with Crippen molar-refractivity contribution in [1.82, 2.24) is 36.8 Å². The molecule has 1 saturated heterocycles. The second-order valence-electron chi connectivity index (χ2n) is 11.6. The summed E-state index contributed by atoms with van der Waals surface area (Å²) in [4.78, 5) is 89.6. The maximum absolute atomic E-state index is 13.3. The van der Waals surface area contributed by atoms with Gasteiger partial charge in [-0.15, -0.1) is 0 Å². The topological polar surface area (TPSA) is 221 Å². The van der Waals surface area contributed by atoms with Crippen LogP contribution in [-0.4, -0.2) is 104 Å². The quantitative estimate of drug-likeness (QED) is 0.186. The van der Waals surface area contributed by atoms with E-state index in [2.05, 4.69) is 31.9 Å². The second-order valence-corrected chi connectivity index (χ2v) is 11.6. The minimum absolute atomic E-state index is 0.0356. The van der Waals surface area contributed by atoms with Crippen LogP contribution in [0.3, 0.4) is 0 Å². The number of hydrogen-bond donors (Lipinski definition) is 7. The van der Waals surface area contributed by atoms with Crippen molar-refractivity contribution in [2.24, 2.45) is 5.73 Å². The first-order chi connectivity index (χ1) is 23.6. The zero-order valence-electron chi connectivity index (χ0n) is 27.5. The van der Waals surface area contributed by atoms with Crippen LogP contribution in [0.5, 0.6) is 0 Å². The van der Waals surface area contributed by atoms with Crippen molar-refractivity contribution in [1.29, 1.82) is 0 Å². The van der Waals surface area contributed by atoms with Crippen LogP contribution in [0.1, 0.15) is 36.8 Å². The average Bonchev–Trinajstić information content (AvgIpc) is 3.10. The number of nitrogens with two attached hydrogens (primary N) is 1. The molecule has 0 radical (unpaired) electrons. The smallest absolute Gasteiger partial charge is 0.242 e. The molecule has 0 unspecified atom stereocenters. The number of carbonyl (C=O) groups excluding carboxylic acids is 7. The molecular formula is C34H46N8O7. The number of nitrogens with zero attached hydrogens (tertiary/aromatic N) is 1. The molecule has 3 rings (SSSR count). The van der Waals surface area contributed by atoms with E-state index in [-0.39, 0.29) is 44.3 Å². The summed E-state index contributed by atoms with van der Waals surface area (Å²) in [5, 5.41) is 15.8. The molecule has 15 heteroatoms. The highest BCUT2D eigenvalue weighted by atomic mass is 16.2. The van der Waals surface area contributed by atoms with Crippen molar-refractivity contribution >= 4 is 41.4 Å². The highest BCUT2D eigenvalue weighted by Gasteiger charge is 2.28. The Labute approximate surface area is 285 Å². The Kier molecular flexibility index (Phi) is 16.2. The lowest BCUT2D eigenvalue weighted by molar-refractivity contribution is -0.139. The van der Waals surface area contributed by atoms with Crippen LogP contribution in [0.2, 0.25) is 0 Å². The molecule has 15 nitrogen and oxygen atoms in total. The maximum atomic E-state index is 13.3. The van der Waals surface area contributed by atoms with E-state index in [4.69, 9.17) is 5.73 Å². The average molecular weight is 679 g/mol. The zero-order valence-corrected chi connectivity index (χ0v) is 27.5. The van der Waals surface area contributed by atoms with E-state index in [9.17, 15) is 33.6 Å². The summed E-state index contributed by atoms with van der Waals surface area (Å²) in [6.07, 6.45) is 2.74. The molecule has 8 N–H and O–H groups in total. The van der Waals surface area contributed by atoms with Gasteiger partial charge in [-0.2, -0.15) is 0 Å². The zero-order chi connectivity index (χ0) is 35.4. The summed E-state index contributed by atoms with van der Waals surface area (Å²) < 4.78 is 0. The van der Waals surface area contributed by atoms with E-state index < -0.39 is 61.3 Å². The van der Waals surface area contributed by atoms with Crippen molar-refractivity contribution in [3.8, 4) is 0 Å². The monoisotopic (exact) mass is 678 g/mol. The normalized spacial score (nSPS) is 19.5. The molecule has 0 spiro atoms. The van der Waals surface area contributed by atoms with Gasteiger partial charge in [-0.05, 0) is 36.9 Å². The molecule has 0 aromatic heterocycles. The Bertz CT molecular complexity index is 1420. The van der Waals surface area contributed by atoms with E-state index >= 15 is 0 Å². The summed E-state index contributed by atoms with van der Waals surface area (Å²) in [7, 11) is 0. The van der Waals surface area contributed by atoms with Crippen molar-refractivity contribution in [2.75, 3.05) is 45.8 Å². The molecule has 0 bridgehead atoms. The first-order valence-corrected chi connectivity index (χ1v) is 16.4. The summed E-state index contributed by atoms with van der Waals surface area (Å²) >= 11 is 0. The number of carbonyl (C=O) groups is 7. The van der Waals surface area contributed by atoms with Crippen molar-refractivity contribution in [3.63, 3.8) is 0 Å². The van der Waals surface area contributed by atoms with Crippen molar-refractivity contribution in [3.05, 3.63) is 71.8 Å². The number of benzene rings is 2. The Hall–Kier alpha value is -5.31. The van der Waals surface area contributed by atoms with Crippen LogP contribution in [0.25, 0.3) is 0 Å². The maximum Gasteiger partial charge on any atom is 0.242 e. The van der Waals surface area contributed by atoms with Crippen LogP contribution < -0.4 is 37.6 Å². The molecule has 7 amide bonds. The first kappa shape index (κ1) is 38.1. The van der Waals surface area contributed by atoms with E-state index in [0.29, 0.717) is 32.2 Å². The molecule has 264 valence electrons. The molecule has 1 fully saturated rings. The molecule has 1 heterocycles. The fourth-order valence-electron chi connectivity index (χ4n) is 5.14. The predicted octanol–water partition coefficient (Wildman–Crippen LogP) is -1.73. The van der Waals surface area contributed by atoms with Crippen LogP contribution in [0.4, 0.5) is 0 Å². The van der Waals surface area contributed by atoms with Gasteiger partial charge in [-0.1, -0.05) is 67.1 Å². The number of rotatable bonds is 6. The molecule has 0 saturated carbocycles. The molecule has 2 aromatic rings. The summed E-state index contributed by atoms with van der Waals surface area (Å²) in [5.41, 5.74) is 7.41. The SMILES string of the molecule is NC(=O)[C@H](Cc1ccccc1)N1CCNC(=O)CCCCCN[C@H](Cc2ccccc2)C(=O)NCC(=O)NCC(=O)NCC(=O)NCC1=O. The molecule has 0 aliphatic carbocycles. The lowest BCUT2D eigenvalue weighted by atomic mass is 10.0. The van der Waals surface area contributed by atoms with Gasteiger partial charge in [-0.25, -0.2) is 0 Å². The van der Waals surface area contributed by atoms with E-state index in [1.807, 2.05) is 36.4 Å². The van der Waals surface area contributed by atoms with Gasteiger partial charge in [0.15, 0.2) is 0 Å². The summed E-state index contributed by atoms with van der Waals surface area (Å²) in [6.45, 7) is -1.25. The Balaban J connectivity index is 1.67. The van der Waals surface area contributed by atoms with Crippen LogP contribution in [0.15, 0.2) is 60.7 Å². The third kappa shape index (κ3) is 14.6. The molecule has 1 aliphatic heterocycles. The minimum Gasteiger partial charge on any atom is -0.368 e. The fraction of sp³-hybridized carbons (Fsp3) is 0.441. The second kappa shape index (κ2) is 20.8. The van der Waals surface area contributed by atoms with Crippen LogP contribution in [0, 0.1) is 0 Å². The molecule has 49 heavy (non-hydrogen) atoms. The number of primary amides is 1. The predicted molar refractivity (Wildman–Crippen MR) is 180 cm³/mol. The van der Waals surface area contributed by atoms with Gasteiger partial charge in [0.25, 0.3) is 0 Å². The van der Waals surface area contributed by atoms with E-state index in [1.54, 1.807) is 24.3 Å². The highest BCUT2D eigenvalue weighted by molar-refractivity contribution is 5.92. The van der Waals surface area contributed by atoms with Gasteiger partial charge in [0.1, 0.15) is 6.04 Å². The molecule has 2 aromatic carbocycles. The highest BCUT2D eigenvalue weighted by Crippen LogP contribution is 2.10. The lowest BCUT2D eigenvalue weighted by Crippen LogP contribution is -2.54. The summed E-state index contributed by atoms with van der Waals surface area (Å²) in [6, 6.07) is 16.8. The first-order valence-electron chi connectivity index (χ1n) is 16.4. The van der Waals surface area contributed by atoms with Gasteiger partial charge in [0.2, 0.25) is 41.4 Å². The lowest BCUT2D eigenvalue weighted by Gasteiger charge is -2.30. The van der Waals surface area contributed by atoms with Crippen LogP contribution in [-0.2, 0) is 46.4 Å². The number of hydrogen-bond acceptors (Lipinski definition) is 8. The van der Waals surface area contributed by atoms with Crippen LogP contribution >= 0.6 is 0 Å². The number of amides is 7. The number of nitrogens with one attached hydrogen (secondary N) is 6. The van der Waals surface area contributed by atoms with Crippen molar-refractivity contribution < 1.29 is 33.6 Å². The fourth-order valence-corrected chi connectivity index (χ4v) is 5.14. The Morgan fingerprint density at radius 3 is 1.86 bits per heavy atom. The standard InChI is InChI=1S/C34H46N8O7/c35-33(48)27(19-25-12-6-2-7-13-25)42-17-16-37-28(43)14-8-3-9-15-36-26(18-24-10-4-1-5-11-24)34(49)41-22-31(46)39-20-29(44)38-21-30(45)40-23-32(42)47/h1-2,4-7,10-13,26-27,36H,3,8-9,14-23H2,(H2,35,48)(H,37,43)(H,38,44)(H,39,46)(H,40,45)(H,41,49)/t26-,27+/m1/s1. The van der Waals surface area contributed by atoms with Crippen molar-refractivity contribution in [2.45, 2.75) is 50.6 Å². The van der Waals surface area contributed by atoms with Gasteiger partial charge < -0.3 is 42.5 Å². The van der Waals surface area contributed by atoms with E-state index in [0.717, 1.165) is 11.1 Å². The minimum atomic E-state index is -1.05. The molecular weight excluding hydrogens is 632 g/mol. The van der Waals surface area contributed by atoms with Gasteiger partial charge in [0, 0.05) is 25.9 Å². The van der Waals surface area contributed by atoms with Gasteiger partial charge >= 0.3 is 0 Å². The largest absolute Gasteiger partial charge is 0.368 e. The van der Waals surface area contributed by atoms with E-state index in [1.165, 1.54) is 4.90 Å².